The Bertz CT molecular complexity index is 610. The maximum Gasteiger partial charge on any atom is 0.115 e. The summed E-state index contributed by atoms with van der Waals surface area (Å²) in [6.45, 7) is 4.65. The number of phenolic OH excluding ortho intramolecular Hbond substituents is 1. The zero-order valence-corrected chi connectivity index (χ0v) is 15.2. The Labute approximate surface area is 146 Å². The van der Waals surface area contributed by atoms with Crippen LogP contribution < -0.4 is 0 Å². The minimum absolute atomic E-state index is 0.103. The second kappa shape index (κ2) is 6.05. The van der Waals surface area contributed by atoms with Gasteiger partial charge in [-0.15, -0.1) is 0 Å². The van der Waals surface area contributed by atoms with E-state index in [1.807, 2.05) is 12.1 Å². The number of hydrogen-bond donors (Lipinski definition) is 2. The van der Waals surface area contributed by atoms with Crippen LogP contribution in [-0.4, -0.2) is 16.3 Å². The summed E-state index contributed by atoms with van der Waals surface area (Å²) in [5, 5.41) is 20.6. The first-order valence-electron chi connectivity index (χ1n) is 10.0. The van der Waals surface area contributed by atoms with Gasteiger partial charge in [0.15, 0.2) is 0 Å². The summed E-state index contributed by atoms with van der Waals surface area (Å²) in [4.78, 5) is 0. The topological polar surface area (TPSA) is 40.5 Å². The molecule has 0 amide bonds. The zero-order valence-electron chi connectivity index (χ0n) is 15.2. The average molecular weight is 328 g/mol. The van der Waals surface area contributed by atoms with E-state index in [1.165, 1.54) is 49.7 Å². The van der Waals surface area contributed by atoms with Crippen molar-refractivity contribution in [2.75, 3.05) is 0 Å². The molecule has 1 unspecified atom stereocenters. The molecule has 0 bridgehead atoms. The highest BCUT2D eigenvalue weighted by Crippen LogP contribution is 2.63. The van der Waals surface area contributed by atoms with Crippen molar-refractivity contribution in [3.05, 3.63) is 29.3 Å². The smallest absolute Gasteiger partial charge is 0.115 e. The fraction of sp³-hybridized carbons (Fsp3) is 0.727. The van der Waals surface area contributed by atoms with Gasteiger partial charge in [0.1, 0.15) is 5.75 Å². The Balaban J connectivity index is 1.74. The van der Waals surface area contributed by atoms with Gasteiger partial charge in [0.05, 0.1) is 6.10 Å². The lowest BCUT2D eigenvalue weighted by atomic mass is 9.51. The molecule has 6 atom stereocenters. The fourth-order valence-corrected chi connectivity index (χ4v) is 6.60. The summed E-state index contributed by atoms with van der Waals surface area (Å²) < 4.78 is 0. The van der Waals surface area contributed by atoms with Crippen molar-refractivity contribution >= 4 is 0 Å². The van der Waals surface area contributed by atoms with Crippen molar-refractivity contribution < 1.29 is 10.2 Å². The van der Waals surface area contributed by atoms with Crippen molar-refractivity contribution in [3.8, 4) is 5.75 Å². The highest BCUT2D eigenvalue weighted by Gasteiger charge is 2.57. The molecule has 2 fully saturated rings. The number of fused-ring (bicyclic) bond motifs is 5. The Kier molecular flexibility index (Phi) is 4.15. The standard InChI is InChI=1S/C22H32O2/c1-3-4-5-15-13-22(2)19(10-11-20(22)24)18-8-6-14-12-16(23)7-9-17(14)21(15)18/h7,9,12,15,18-21,23-24H,3-6,8,10-11,13H2,1-2H3/t15?,18-,19-,20-,21+,22-/m0/s1. The molecular formula is C22H32O2. The first kappa shape index (κ1) is 16.4. The molecule has 4 rings (SSSR count). The molecule has 0 aromatic heterocycles. The molecule has 1 aromatic carbocycles. The van der Waals surface area contributed by atoms with Gasteiger partial charge in [-0.2, -0.15) is 0 Å². The lowest BCUT2D eigenvalue weighted by Gasteiger charge is -2.54. The van der Waals surface area contributed by atoms with Crippen LogP contribution in [0.15, 0.2) is 18.2 Å². The number of aliphatic hydroxyl groups excluding tert-OH is 1. The number of benzene rings is 1. The molecule has 0 spiro atoms. The molecule has 2 saturated carbocycles. The third-order valence-electron chi connectivity index (χ3n) is 7.71. The Morgan fingerprint density at radius 1 is 1.21 bits per heavy atom. The first-order chi connectivity index (χ1) is 11.5. The Hall–Kier alpha value is -1.02. The van der Waals surface area contributed by atoms with Gasteiger partial charge in [-0.1, -0.05) is 32.8 Å². The van der Waals surface area contributed by atoms with E-state index in [1.54, 1.807) is 0 Å². The normalized spacial score (nSPS) is 40.7. The van der Waals surface area contributed by atoms with Crippen LogP contribution in [0.5, 0.6) is 5.75 Å². The molecule has 3 aliphatic carbocycles. The van der Waals surface area contributed by atoms with Gasteiger partial charge in [-0.05, 0) is 90.9 Å². The number of unbranched alkanes of at least 4 members (excludes halogenated alkanes) is 1. The van der Waals surface area contributed by atoms with Crippen LogP contribution in [0.25, 0.3) is 0 Å². The molecule has 132 valence electrons. The van der Waals surface area contributed by atoms with Gasteiger partial charge in [-0.25, -0.2) is 0 Å². The van der Waals surface area contributed by atoms with Crippen LogP contribution in [0.1, 0.15) is 75.8 Å². The molecular weight excluding hydrogens is 296 g/mol. The van der Waals surface area contributed by atoms with Crippen LogP contribution in [0.3, 0.4) is 0 Å². The van der Waals surface area contributed by atoms with Gasteiger partial charge in [0.25, 0.3) is 0 Å². The van der Waals surface area contributed by atoms with E-state index in [9.17, 15) is 10.2 Å². The molecule has 1 aromatic rings. The predicted octanol–water partition coefficient (Wildman–Crippen LogP) is 5.03. The monoisotopic (exact) mass is 328 g/mol. The highest BCUT2D eigenvalue weighted by atomic mass is 16.3. The van der Waals surface area contributed by atoms with Crippen molar-refractivity contribution in [1.82, 2.24) is 0 Å². The summed E-state index contributed by atoms with van der Waals surface area (Å²) in [5.74, 6) is 3.14. The molecule has 0 saturated heterocycles. The van der Waals surface area contributed by atoms with Crippen LogP contribution in [0.2, 0.25) is 0 Å². The van der Waals surface area contributed by atoms with Crippen LogP contribution in [0, 0.1) is 23.2 Å². The average Bonchev–Trinajstić information content (AvgIpc) is 2.87. The van der Waals surface area contributed by atoms with E-state index < -0.39 is 0 Å². The highest BCUT2D eigenvalue weighted by molar-refractivity contribution is 5.40. The minimum atomic E-state index is -0.103. The van der Waals surface area contributed by atoms with Crippen molar-refractivity contribution in [2.45, 2.75) is 77.2 Å². The number of hydrogen-bond acceptors (Lipinski definition) is 2. The van der Waals surface area contributed by atoms with Gasteiger partial charge in [0.2, 0.25) is 0 Å². The number of aromatic hydroxyl groups is 1. The van der Waals surface area contributed by atoms with Crippen LogP contribution in [-0.2, 0) is 6.42 Å². The maximum absolute atomic E-state index is 10.7. The molecule has 24 heavy (non-hydrogen) atoms. The molecule has 0 radical (unpaired) electrons. The molecule has 2 nitrogen and oxygen atoms in total. The van der Waals surface area contributed by atoms with E-state index in [2.05, 4.69) is 19.9 Å². The number of rotatable bonds is 3. The zero-order chi connectivity index (χ0) is 16.9. The first-order valence-corrected chi connectivity index (χ1v) is 10.0. The van der Waals surface area contributed by atoms with E-state index >= 15 is 0 Å². The third-order valence-corrected chi connectivity index (χ3v) is 7.71. The number of phenols is 1. The lowest BCUT2D eigenvalue weighted by molar-refractivity contribution is -0.0500. The molecule has 2 heteroatoms. The van der Waals surface area contributed by atoms with E-state index in [0.717, 1.165) is 18.8 Å². The summed E-state index contributed by atoms with van der Waals surface area (Å²) >= 11 is 0. The molecule has 0 aliphatic heterocycles. The number of aryl methyl sites for hydroxylation is 1. The SMILES string of the molecule is CCCCC1C[C@]2(C)[C@@H](O)CC[C@H]2[C@@H]2CCc3cc(O)ccc3[C@@H]12. The molecule has 0 heterocycles. The Morgan fingerprint density at radius 3 is 2.83 bits per heavy atom. The summed E-state index contributed by atoms with van der Waals surface area (Å²) in [7, 11) is 0. The van der Waals surface area contributed by atoms with Crippen LogP contribution in [0.4, 0.5) is 0 Å². The summed E-state index contributed by atoms with van der Waals surface area (Å²) in [6, 6.07) is 6.09. The molecule has 3 aliphatic rings. The Morgan fingerprint density at radius 2 is 2.04 bits per heavy atom. The van der Waals surface area contributed by atoms with Gasteiger partial charge >= 0.3 is 0 Å². The summed E-state index contributed by atoms with van der Waals surface area (Å²) in [5.41, 5.74) is 3.02. The number of aliphatic hydroxyl groups is 1. The third kappa shape index (κ3) is 2.41. The van der Waals surface area contributed by atoms with E-state index in [-0.39, 0.29) is 11.5 Å². The van der Waals surface area contributed by atoms with Crippen LogP contribution >= 0.6 is 0 Å². The van der Waals surface area contributed by atoms with Gasteiger partial charge in [-0.3, -0.25) is 0 Å². The maximum atomic E-state index is 10.7. The minimum Gasteiger partial charge on any atom is -0.508 e. The second-order valence-corrected chi connectivity index (χ2v) is 8.92. The summed E-state index contributed by atoms with van der Waals surface area (Å²) in [6.07, 6.45) is 9.42. The predicted molar refractivity (Wildman–Crippen MR) is 97.1 cm³/mol. The van der Waals surface area contributed by atoms with Gasteiger partial charge in [0, 0.05) is 0 Å². The van der Waals surface area contributed by atoms with Crippen molar-refractivity contribution in [3.63, 3.8) is 0 Å². The van der Waals surface area contributed by atoms with Gasteiger partial charge < -0.3 is 10.2 Å². The largest absolute Gasteiger partial charge is 0.508 e. The molecule has 2 N–H and O–H groups in total. The van der Waals surface area contributed by atoms with E-state index in [4.69, 9.17) is 0 Å². The quantitative estimate of drug-likeness (QED) is 0.817. The van der Waals surface area contributed by atoms with E-state index in [0.29, 0.717) is 23.5 Å². The lowest BCUT2D eigenvalue weighted by Crippen LogP contribution is -2.47. The van der Waals surface area contributed by atoms with Crippen molar-refractivity contribution in [2.24, 2.45) is 23.2 Å². The van der Waals surface area contributed by atoms with Crippen molar-refractivity contribution in [1.29, 1.82) is 0 Å². The second-order valence-electron chi connectivity index (χ2n) is 8.92. The fourth-order valence-electron chi connectivity index (χ4n) is 6.60.